The van der Waals surface area contributed by atoms with E-state index in [0.717, 1.165) is 17.3 Å². The lowest BCUT2D eigenvalue weighted by molar-refractivity contribution is -0.121. The number of aliphatic hydroxyl groups is 1. The monoisotopic (exact) mass is 277 g/mol. The Bertz CT molecular complexity index is 553. The van der Waals surface area contributed by atoms with Crippen molar-refractivity contribution >= 4 is 16.8 Å². The van der Waals surface area contributed by atoms with Gasteiger partial charge in [0.2, 0.25) is 5.91 Å². The number of fused-ring (bicyclic) bond motifs is 1. The maximum Gasteiger partial charge on any atom is 0.241 e. The molecule has 2 aromatic rings. The van der Waals surface area contributed by atoms with E-state index in [-0.39, 0.29) is 19.1 Å². The third kappa shape index (κ3) is 4.04. The van der Waals surface area contributed by atoms with E-state index in [2.05, 4.69) is 10.4 Å². The zero-order valence-electron chi connectivity index (χ0n) is 11.3. The Kier molecular flexibility index (Phi) is 5.52. The van der Waals surface area contributed by atoms with Crippen LogP contribution in [0.2, 0.25) is 0 Å². The van der Waals surface area contributed by atoms with Crippen molar-refractivity contribution in [3.05, 3.63) is 30.5 Å². The Labute approximate surface area is 117 Å². The van der Waals surface area contributed by atoms with Gasteiger partial charge in [-0.25, -0.2) is 0 Å². The molecule has 2 rings (SSSR count). The van der Waals surface area contributed by atoms with Crippen LogP contribution in [0.3, 0.4) is 0 Å². The molecule has 20 heavy (non-hydrogen) atoms. The van der Waals surface area contributed by atoms with Gasteiger partial charge in [0, 0.05) is 18.5 Å². The summed E-state index contributed by atoms with van der Waals surface area (Å²) in [6.07, 6.45) is 2.48. The van der Waals surface area contributed by atoms with Crippen LogP contribution in [0, 0.1) is 0 Å². The highest BCUT2D eigenvalue weighted by Crippen LogP contribution is 2.11. The number of aromatic nitrogens is 2. The Balaban J connectivity index is 1.74. The first kappa shape index (κ1) is 14.5. The van der Waals surface area contributed by atoms with Gasteiger partial charge < -0.3 is 15.2 Å². The number of carbonyl (C=O) groups is 1. The van der Waals surface area contributed by atoms with Gasteiger partial charge in [-0.05, 0) is 12.5 Å². The number of para-hydroxylation sites is 1. The zero-order chi connectivity index (χ0) is 14.2. The van der Waals surface area contributed by atoms with Crippen LogP contribution in [0.1, 0.15) is 6.42 Å². The van der Waals surface area contributed by atoms with Crippen LogP contribution >= 0.6 is 0 Å². The number of hydrogen-bond acceptors (Lipinski definition) is 4. The molecule has 0 atom stereocenters. The lowest BCUT2D eigenvalue weighted by Crippen LogP contribution is -2.29. The molecule has 0 aliphatic carbocycles. The van der Waals surface area contributed by atoms with E-state index >= 15 is 0 Å². The number of aliphatic hydroxyl groups excluding tert-OH is 1. The molecule has 0 unspecified atom stereocenters. The van der Waals surface area contributed by atoms with Gasteiger partial charge in [-0.1, -0.05) is 18.2 Å². The highest BCUT2D eigenvalue weighted by atomic mass is 16.5. The van der Waals surface area contributed by atoms with E-state index in [1.807, 2.05) is 24.3 Å². The van der Waals surface area contributed by atoms with Gasteiger partial charge in [0.05, 0.1) is 24.9 Å². The molecule has 0 saturated carbocycles. The molecular formula is C14H19N3O3. The minimum atomic E-state index is -0.0685. The number of rotatable bonds is 8. The van der Waals surface area contributed by atoms with Crippen LogP contribution in [0.4, 0.5) is 0 Å². The molecule has 1 aromatic carbocycles. The lowest BCUT2D eigenvalue weighted by atomic mass is 10.2. The summed E-state index contributed by atoms with van der Waals surface area (Å²) in [6.45, 7) is 1.67. The molecule has 6 nitrogen and oxygen atoms in total. The lowest BCUT2D eigenvalue weighted by Gasteiger charge is -2.06. The second-order valence-electron chi connectivity index (χ2n) is 4.40. The third-order valence-electron chi connectivity index (χ3n) is 2.87. The summed E-state index contributed by atoms with van der Waals surface area (Å²) in [6, 6.07) is 7.78. The SMILES string of the molecule is O=C(Cn1ncc2ccccc21)NCCCOCCO. The van der Waals surface area contributed by atoms with Crippen LogP contribution < -0.4 is 5.32 Å². The first-order chi connectivity index (χ1) is 9.81. The Hall–Kier alpha value is -1.92. The molecular weight excluding hydrogens is 258 g/mol. The zero-order valence-corrected chi connectivity index (χ0v) is 11.3. The maximum absolute atomic E-state index is 11.8. The fourth-order valence-corrected chi connectivity index (χ4v) is 1.91. The summed E-state index contributed by atoms with van der Waals surface area (Å²) in [4.78, 5) is 11.8. The van der Waals surface area contributed by atoms with Gasteiger partial charge in [-0.2, -0.15) is 5.10 Å². The summed E-state index contributed by atoms with van der Waals surface area (Å²) in [5, 5.41) is 16.6. The standard InChI is InChI=1S/C14H19N3O3/c18-7-9-20-8-3-6-15-14(19)11-17-13-5-2-1-4-12(13)10-16-17/h1-2,4-5,10,18H,3,6-9,11H2,(H,15,19). The Morgan fingerprint density at radius 3 is 3.05 bits per heavy atom. The number of amides is 1. The molecule has 0 saturated heterocycles. The van der Waals surface area contributed by atoms with Gasteiger partial charge in [-0.15, -0.1) is 0 Å². The molecule has 1 aromatic heterocycles. The van der Waals surface area contributed by atoms with E-state index in [9.17, 15) is 4.79 Å². The number of nitrogens with one attached hydrogen (secondary N) is 1. The Morgan fingerprint density at radius 1 is 1.35 bits per heavy atom. The molecule has 0 aliphatic rings. The predicted octanol–water partition coefficient (Wildman–Crippen LogP) is 0.551. The van der Waals surface area contributed by atoms with E-state index in [0.29, 0.717) is 19.8 Å². The quantitative estimate of drug-likeness (QED) is 0.691. The number of nitrogens with zero attached hydrogens (tertiary/aromatic N) is 2. The summed E-state index contributed by atoms with van der Waals surface area (Å²) < 4.78 is 6.80. The molecule has 0 radical (unpaired) electrons. The summed E-state index contributed by atoms with van der Waals surface area (Å²) in [7, 11) is 0. The van der Waals surface area contributed by atoms with Crippen LogP contribution in [-0.4, -0.2) is 47.2 Å². The van der Waals surface area contributed by atoms with Gasteiger partial charge in [-0.3, -0.25) is 9.48 Å². The van der Waals surface area contributed by atoms with Crippen LogP contribution in [0.25, 0.3) is 10.9 Å². The fraction of sp³-hybridized carbons (Fsp3) is 0.429. The van der Waals surface area contributed by atoms with E-state index < -0.39 is 0 Å². The van der Waals surface area contributed by atoms with E-state index in [1.165, 1.54) is 0 Å². The molecule has 1 heterocycles. The van der Waals surface area contributed by atoms with Gasteiger partial charge in [0.15, 0.2) is 0 Å². The van der Waals surface area contributed by atoms with Crippen molar-refractivity contribution in [3.63, 3.8) is 0 Å². The summed E-state index contributed by atoms with van der Waals surface area (Å²) >= 11 is 0. The molecule has 0 spiro atoms. The summed E-state index contributed by atoms with van der Waals surface area (Å²) in [5.41, 5.74) is 0.953. The fourth-order valence-electron chi connectivity index (χ4n) is 1.91. The molecule has 0 bridgehead atoms. The Morgan fingerprint density at radius 2 is 2.20 bits per heavy atom. The van der Waals surface area contributed by atoms with Crippen LogP contribution in [0.15, 0.2) is 30.5 Å². The molecule has 0 aliphatic heterocycles. The van der Waals surface area contributed by atoms with Gasteiger partial charge >= 0.3 is 0 Å². The largest absolute Gasteiger partial charge is 0.394 e. The number of hydrogen-bond donors (Lipinski definition) is 2. The molecule has 2 N–H and O–H groups in total. The first-order valence-electron chi connectivity index (χ1n) is 6.67. The highest BCUT2D eigenvalue weighted by Gasteiger charge is 2.06. The topological polar surface area (TPSA) is 76.4 Å². The number of benzene rings is 1. The van der Waals surface area contributed by atoms with Crippen molar-refractivity contribution in [2.75, 3.05) is 26.4 Å². The molecule has 1 amide bonds. The van der Waals surface area contributed by atoms with E-state index in [4.69, 9.17) is 9.84 Å². The van der Waals surface area contributed by atoms with E-state index in [1.54, 1.807) is 10.9 Å². The normalized spacial score (nSPS) is 10.8. The van der Waals surface area contributed by atoms with Crippen LogP contribution in [-0.2, 0) is 16.1 Å². The average molecular weight is 277 g/mol. The smallest absolute Gasteiger partial charge is 0.241 e. The van der Waals surface area contributed by atoms with Gasteiger partial charge in [0.1, 0.15) is 6.54 Å². The maximum atomic E-state index is 11.8. The minimum absolute atomic E-state index is 0.0265. The minimum Gasteiger partial charge on any atom is -0.394 e. The summed E-state index contributed by atoms with van der Waals surface area (Å²) in [5.74, 6) is -0.0685. The highest BCUT2D eigenvalue weighted by molar-refractivity contribution is 5.81. The molecule has 0 fully saturated rings. The molecule has 6 heteroatoms. The van der Waals surface area contributed by atoms with Crippen LogP contribution in [0.5, 0.6) is 0 Å². The second-order valence-corrected chi connectivity index (χ2v) is 4.40. The second kappa shape index (κ2) is 7.62. The predicted molar refractivity (Wildman–Crippen MR) is 75.3 cm³/mol. The number of carbonyl (C=O) groups excluding carboxylic acids is 1. The first-order valence-corrected chi connectivity index (χ1v) is 6.67. The van der Waals surface area contributed by atoms with Crippen molar-refractivity contribution in [1.29, 1.82) is 0 Å². The average Bonchev–Trinajstić information content (AvgIpc) is 2.86. The van der Waals surface area contributed by atoms with Crippen molar-refractivity contribution in [1.82, 2.24) is 15.1 Å². The van der Waals surface area contributed by atoms with Crippen molar-refractivity contribution in [3.8, 4) is 0 Å². The third-order valence-corrected chi connectivity index (χ3v) is 2.87. The van der Waals surface area contributed by atoms with Gasteiger partial charge in [0.25, 0.3) is 0 Å². The number of ether oxygens (including phenoxy) is 1. The molecule has 108 valence electrons. The van der Waals surface area contributed by atoms with Crippen molar-refractivity contribution in [2.45, 2.75) is 13.0 Å². The van der Waals surface area contributed by atoms with Crippen molar-refractivity contribution < 1.29 is 14.6 Å². The van der Waals surface area contributed by atoms with Crippen molar-refractivity contribution in [2.24, 2.45) is 0 Å².